The smallest absolute Gasteiger partial charge is 0.340 e. The number of thiazole rings is 1. The molecule has 3 rings (SSSR count). The summed E-state index contributed by atoms with van der Waals surface area (Å²) in [4.78, 5) is 4.34. The minimum Gasteiger partial charge on any atom is -0.356 e. The van der Waals surface area contributed by atoms with Crippen molar-refractivity contribution in [3.63, 3.8) is 0 Å². The predicted octanol–water partition coefficient (Wildman–Crippen LogP) is 4.17. The van der Waals surface area contributed by atoms with Crippen LogP contribution in [0.2, 0.25) is 0 Å². The van der Waals surface area contributed by atoms with Crippen LogP contribution in [0.15, 0.2) is 63.7 Å². The van der Waals surface area contributed by atoms with Gasteiger partial charge in [0.05, 0.1) is 0 Å². The molecule has 1 heterocycles. The van der Waals surface area contributed by atoms with Crippen molar-refractivity contribution in [2.24, 2.45) is 0 Å². The van der Waals surface area contributed by atoms with Gasteiger partial charge in [-0.25, -0.2) is 0 Å². The van der Waals surface area contributed by atoms with Crippen LogP contribution in [0.1, 0.15) is 5.56 Å². The van der Waals surface area contributed by atoms with Crippen LogP contribution in [0, 0.1) is 6.92 Å². The number of hydrogen-bond acceptors (Lipinski definition) is 6. The Kier molecular flexibility index (Phi) is 4.43. The van der Waals surface area contributed by atoms with E-state index >= 15 is 0 Å². The first-order valence-corrected chi connectivity index (χ1v) is 9.39. The van der Waals surface area contributed by atoms with Crippen LogP contribution >= 0.6 is 24.0 Å². The van der Waals surface area contributed by atoms with Gasteiger partial charge in [0.1, 0.15) is 14.1 Å². The lowest BCUT2D eigenvalue weighted by molar-refractivity contribution is 0.473. The Morgan fingerprint density at radius 2 is 1.70 bits per heavy atom. The van der Waals surface area contributed by atoms with Gasteiger partial charge < -0.3 is 4.18 Å². The van der Waals surface area contributed by atoms with E-state index in [-0.39, 0.29) is 10.8 Å². The third-order valence-electron chi connectivity index (χ3n) is 3.10. The molecule has 0 unspecified atom stereocenters. The zero-order valence-electron chi connectivity index (χ0n) is 12.1. The fourth-order valence-corrected chi connectivity index (χ4v) is 4.02. The van der Waals surface area contributed by atoms with E-state index < -0.39 is 10.1 Å². The fraction of sp³-hybridized carbons (Fsp3) is 0.0625. The second kappa shape index (κ2) is 6.35. The minimum atomic E-state index is -3.93. The molecule has 2 aromatic carbocycles. The molecule has 0 spiro atoms. The molecule has 7 heteroatoms. The van der Waals surface area contributed by atoms with Crippen molar-refractivity contribution in [3.05, 3.63) is 60.2 Å². The van der Waals surface area contributed by atoms with Crippen molar-refractivity contribution in [1.82, 2.24) is 4.98 Å². The van der Waals surface area contributed by atoms with E-state index in [1.54, 1.807) is 12.1 Å². The second-order valence-electron chi connectivity index (χ2n) is 4.85. The summed E-state index contributed by atoms with van der Waals surface area (Å²) in [7, 11) is -3.93. The third kappa shape index (κ3) is 3.57. The highest BCUT2D eigenvalue weighted by molar-refractivity contribution is 7.87. The fourth-order valence-electron chi connectivity index (χ4n) is 1.91. The zero-order chi connectivity index (χ0) is 16.4. The van der Waals surface area contributed by atoms with Crippen molar-refractivity contribution in [3.8, 4) is 16.5 Å². The average molecular weight is 363 g/mol. The number of hydrogen-bond donors (Lipinski definition) is 1. The Morgan fingerprint density at radius 1 is 1.04 bits per heavy atom. The van der Waals surface area contributed by atoms with Crippen LogP contribution in [-0.4, -0.2) is 13.4 Å². The highest BCUT2D eigenvalue weighted by atomic mass is 32.2. The third-order valence-corrected chi connectivity index (χ3v) is 5.68. The van der Waals surface area contributed by atoms with Crippen LogP contribution in [0.3, 0.4) is 0 Å². The number of nitrogens with zero attached hydrogens (tertiary/aromatic N) is 1. The standard InChI is InChI=1S/C16H13NO3S3/c1-11-7-9-13(10-8-11)23(18,19)20-14-16(21)22-15(17-14)12-5-3-2-4-6-12/h2-10,21H,1H3. The maximum atomic E-state index is 12.3. The summed E-state index contributed by atoms with van der Waals surface area (Å²) in [6, 6.07) is 15.9. The summed E-state index contributed by atoms with van der Waals surface area (Å²) in [5.74, 6) is -0.00207. The molecule has 0 saturated heterocycles. The molecule has 3 aromatic rings. The molecule has 23 heavy (non-hydrogen) atoms. The van der Waals surface area contributed by atoms with Crippen LogP contribution in [0.5, 0.6) is 5.88 Å². The summed E-state index contributed by atoms with van der Waals surface area (Å²) >= 11 is 5.55. The van der Waals surface area contributed by atoms with E-state index in [1.165, 1.54) is 23.5 Å². The molecule has 0 aliphatic rings. The van der Waals surface area contributed by atoms with E-state index in [9.17, 15) is 8.42 Å². The molecule has 0 N–H and O–H groups in total. The molecule has 0 bridgehead atoms. The Bertz CT molecular complexity index is 917. The second-order valence-corrected chi connectivity index (χ2v) is 8.14. The van der Waals surface area contributed by atoms with Crippen molar-refractivity contribution in [2.45, 2.75) is 16.0 Å². The number of aromatic nitrogens is 1. The van der Waals surface area contributed by atoms with Crippen LogP contribution in [0.25, 0.3) is 10.6 Å². The Hall–Kier alpha value is -1.83. The van der Waals surface area contributed by atoms with E-state index in [4.69, 9.17) is 4.18 Å². The maximum absolute atomic E-state index is 12.3. The molecule has 0 saturated carbocycles. The molecular weight excluding hydrogens is 350 g/mol. The maximum Gasteiger partial charge on any atom is 0.340 e. The van der Waals surface area contributed by atoms with E-state index in [0.717, 1.165) is 11.1 Å². The van der Waals surface area contributed by atoms with E-state index in [2.05, 4.69) is 17.6 Å². The Balaban J connectivity index is 1.91. The van der Waals surface area contributed by atoms with Gasteiger partial charge in [-0.15, -0.1) is 24.0 Å². The quantitative estimate of drug-likeness (QED) is 0.558. The largest absolute Gasteiger partial charge is 0.356 e. The lowest BCUT2D eigenvalue weighted by atomic mass is 10.2. The SMILES string of the molecule is Cc1ccc(S(=O)(=O)Oc2nc(-c3ccccc3)sc2S)cc1. The summed E-state index contributed by atoms with van der Waals surface area (Å²) in [5.41, 5.74) is 1.86. The van der Waals surface area contributed by atoms with Gasteiger partial charge in [0.25, 0.3) is 5.88 Å². The molecular formula is C16H13NO3S3. The zero-order valence-corrected chi connectivity index (χ0v) is 14.7. The van der Waals surface area contributed by atoms with Gasteiger partial charge in [0.2, 0.25) is 0 Å². The highest BCUT2D eigenvalue weighted by Gasteiger charge is 2.21. The van der Waals surface area contributed by atoms with E-state index in [1.807, 2.05) is 37.3 Å². The Labute approximate surface area is 144 Å². The predicted molar refractivity (Wildman–Crippen MR) is 93.8 cm³/mol. The van der Waals surface area contributed by atoms with E-state index in [0.29, 0.717) is 9.22 Å². The molecule has 4 nitrogen and oxygen atoms in total. The summed E-state index contributed by atoms with van der Waals surface area (Å²) in [6.07, 6.45) is 0. The van der Waals surface area contributed by atoms with Gasteiger partial charge in [-0.1, -0.05) is 48.0 Å². The van der Waals surface area contributed by atoms with Gasteiger partial charge in [0, 0.05) is 5.56 Å². The lowest BCUT2D eigenvalue weighted by Crippen LogP contribution is -2.10. The normalized spacial score (nSPS) is 11.4. The van der Waals surface area contributed by atoms with Crippen molar-refractivity contribution in [1.29, 1.82) is 0 Å². The monoisotopic (exact) mass is 363 g/mol. The van der Waals surface area contributed by atoms with Gasteiger partial charge in [-0.3, -0.25) is 0 Å². The molecule has 0 atom stereocenters. The molecule has 0 fully saturated rings. The number of rotatable bonds is 4. The number of aryl methyl sites for hydroxylation is 1. The summed E-state index contributed by atoms with van der Waals surface area (Å²) < 4.78 is 30.2. The number of thiol groups is 1. The van der Waals surface area contributed by atoms with Gasteiger partial charge in [-0.2, -0.15) is 13.4 Å². The van der Waals surface area contributed by atoms with Crippen LogP contribution < -0.4 is 4.18 Å². The molecule has 118 valence electrons. The molecule has 0 amide bonds. The van der Waals surface area contributed by atoms with Crippen LogP contribution in [-0.2, 0) is 10.1 Å². The summed E-state index contributed by atoms with van der Waals surface area (Å²) in [6.45, 7) is 1.88. The van der Waals surface area contributed by atoms with Gasteiger partial charge in [-0.05, 0) is 19.1 Å². The van der Waals surface area contributed by atoms with Crippen molar-refractivity contribution < 1.29 is 12.6 Å². The van der Waals surface area contributed by atoms with Gasteiger partial charge in [0.15, 0.2) is 0 Å². The van der Waals surface area contributed by atoms with Crippen LogP contribution in [0.4, 0.5) is 0 Å². The topological polar surface area (TPSA) is 56.3 Å². The minimum absolute atomic E-state index is 0.00207. The van der Waals surface area contributed by atoms with Gasteiger partial charge >= 0.3 is 10.1 Å². The molecule has 1 aromatic heterocycles. The first-order chi connectivity index (χ1) is 11.0. The lowest BCUT2D eigenvalue weighted by Gasteiger charge is -2.05. The molecule has 0 aliphatic heterocycles. The molecule has 0 radical (unpaired) electrons. The first-order valence-electron chi connectivity index (χ1n) is 6.72. The first kappa shape index (κ1) is 16.0. The average Bonchev–Trinajstić information content (AvgIpc) is 2.89. The highest BCUT2D eigenvalue weighted by Crippen LogP contribution is 2.36. The number of benzene rings is 2. The summed E-state index contributed by atoms with van der Waals surface area (Å²) in [5, 5.41) is 0.657. The Morgan fingerprint density at radius 3 is 2.35 bits per heavy atom. The molecule has 0 aliphatic carbocycles. The van der Waals surface area contributed by atoms with Crippen molar-refractivity contribution >= 4 is 34.1 Å². The van der Waals surface area contributed by atoms with Crippen molar-refractivity contribution in [2.75, 3.05) is 0 Å².